The van der Waals surface area contributed by atoms with Crippen LogP contribution in [0, 0.1) is 0 Å². The molecule has 1 rings (SSSR count). The maximum atomic E-state index is 5.45. The highest BCUT2D eigenvalue weighted by atomic mass is 16.5. The van der Waals surface area contributed by atoms with Crippen LogP contribution in [0.3, 0.4) is 0 Å². The highest BCUT2D eigenvalue weighted by Crippen LogP contribution is 2.18. The van der Waals surface area contributed by atoms with E-state index in [1.54, 1.807) is 0 Å². The summed E-state index contributed by atoms with van der Waals surface area (Å²) in [5.74, 6) is 0.924. The molecule has 0 heterocycles. The summed E-state index contributed by atoms with van der Waals surface area (Å²) < 4.78 is 5.38. The van der Waals surface area contributed by atoms with Crippen molar-refractivity contribution < 1.29 is 4.74 Å². The molecule has 2 heteroatoms. The predicted octanol–water partition coefficient (Wildman–Crippen LogP) is 2.84. The Bertz CT molecular complexity index is 314. The minimum atomic E-state index is 0.703. The van der Waals surface area contributed by atoms with Gasteiger partial charge in [-0.2, -0.15) is 0 Å². The van der Waals surface area contributed by atoms with Crippen molar-refractivity contribution in [2.24, 2.45) is 5.73 Å². The van der Waals surface area contributed by atoms with Crippen molar-refractivity contribution in [3.8, 4) is 5.75 Å². The van der Waals surface area contributed by atoms with E-state index >= 15 is 0 Å². The first kappa shape index (κ1) is 11.8. The molecule has 0 bridgehead atoms. The van der Waals surface area contributed by atoms with Crippen molar-refractivity contribution >= 4 is 5.57 Å². The van der Waals surface area contributed by atoms with E-state index in [0.29, 0.717) is 13.2 Å². The van der Waals surface area contributed by atoms with Gasteiger partial charge in [-0.05, 0) is 50.1 Å². The summed E-state index contributed by atoms with van der Waals surface area (Å²) in [6.07, 6.45) is 3.09. The molecule has 0 saturated heterocycles. The summed E-state index contributed by atoms with van der Waals surface area (Å²) in [5.41, 5.74) is 7.95. The second-order valence-electron chi connectivity index (χ2n) is 3.42. The minimum absolute atomic E-state index is 0.703. The number of ether oxygens (including phenoxy) is 1. The molecule has 1 aromatic carbocycles. The monoisotopic (exact) mass is 205 g/mol. The number of benzene rings is 1. The summed E-state index contributed by atoms with van der Waals surface area (Å²) in [6.45, 7) is 5.50. The normalized spacial score (nSPS) is 11.5. The predicted molar refractivity (Wildman–Crippen MR) is 64.9 cm³/mol. The van der Waals surface area contributed by atoms with E-state index in [1.165, 1.54) is 11.1 Å². The Hall–Kier alpha value is -1.28. The third-order valence-electron chi connectivity index (χ3n) is 2.24. The van der Waals surface area contributed by atoms with Crippen LogP contribution < -0.4 is 10.5 Å². The van der Waals surface area contributed by atoms with Crippen LogP contribution >= 0.6 is 0 Å². The second kappa shape index (κ2) is 6.25. The standard InChI is InChI=1S/C13H19NO/c1-3-15-13-8-6-12(7-9-13)11(2)5-4-10-14/h5-9H,3-4,10,14H2,1-2H3. The summed E-state index contributed by atoms with van der Waals surface area (Å²) in [6, 6.07) is 8.15. The molecule has 0 aromatic heterocycles. The summed E-state index contributed by atoms with van der Waals surface area (Å²) in [7, 11) is 0. The van der Waals surface area contributed by atoms with E-state index in [1.807, 2.05) is 19.1 Å². The smallest absolute Gasteiger partial charge is 0.119 e. The first-order valence-corrected chi connectivity index (χ1v) is 5.38. The Morgan fingerprint density at radius 1 is 1.33 bits per heavy atom. The summed E-state index contributed by atoms with van der Waals surface area (Å²) >= 11 is 0. The van der Waals surface area contributed by atoms with Crippen LogP contribution in [0.5, 0.6) is 5.75 Å². The summed E-state index contributed by atoms with van der Waals surface area (Å²) in [4.78, 5) is 0. The van der Waals surface area contributed by atoms with Crippen molar-refractivity contribution in [2.45, 2.75) is 20.3 Å². The van der Waals surface area contributed by atoms with Crippen LogP contribution in [0.4, 0.5) is 0 Å². The highest BCUT2D eigenvalue weighted by molar-refractivity contribution is 5.64. The fraction of sp³-hybridized carbons (Fsp3) is 0.385. The molecule has 2 nitrogen and oxygen atoms in total. The average molecular weight is 205 g/mol. The zero-order chi connectivity index (χ0) is 11.1. The molecule has 2 N–H and O–H groups in total. The number of nitrogens with two attached hydrogens (primary N) is 1. The molecule has 0 amide bonds. The Morgan fingerprint density at radius 2 is 2.00 bits per heavy atom. The van der Waals surface area contributed by atoms with Gasteiger partial charge < -0.3 is 10.5 Å². The van der Waals surface area contributed by atoms with Gasteiger partial charge in [0.1, 0.15) is 5.75 Å². The van der Waals surface area contributed by atoms with E-state index in [9.17, 15) is 0 Å². The minimum Gasteiger partial charge on any atom is -0.494 e. The molecule has 0 radical (unpaired) electrons. The average Bonchev–Trinajstić information content (AvgIpc) is 2.27. The van der Waals surface area contributed by atoms with E-state index in [2.05, 4.69) is 25.1 Å². The molecule has 0 saturated carbocycles. The molecule has 82 valence electrons. The van der Waals surface area contributed by atoms with Gasteiger partial charge in [0, 0.05) is 0 Å². The zero-order valence-electron chi connectivity index (χ0n) is 9.49. The molecule has 0 aliphatic rings. The largest absolute Gasteiger partial charge is 0.494 e. The molecule has 15 heavy (non-hydrogen) atoms. The lowest BCUT2D eigenvalue weighted by Gasteiger charge is -2.05. The first-order valence-electron chi connectivity index (χ1n) is 5.38. The van der Waals surface area contributed by atoms with Crippen molar-refractivity contribution in [1.82, 2.24) is 0 Å². The highest BCUT2D eigenvalue weighted by Gasteiger charge is 1.96. The lowest BCUT2D eigenvalue weighted by molar-refractivity contribution is 0.340. The van der Waals surface area contributed by atoms with Crippen molar-refractivity contribution in [1.29, 1.82) is 0 Å². The third kappa shape index (κ3) is 3.76. The molecule has 0 spiro atoms. The number of hydrogen-bond acceptors (Lipinski definition) is 2. The van der Waals surface area contributed by atoms with Gasteiger partial charge in [0.2, 0.25) is 0 Å². The van der Waals surface area contributed by atoms with Gasteiger partial charge in [-0.25, -0.2) is 0 Å². The molecule has 0 aliphatic heterocycles. The third-order valence-corrected chi connectivity index (χ3v) is 2.24. The van der Waals surface area contributed by atoms with Crippen LogP contribution in [0.15, 0.2) is 30.3 Å². The fourth-order valence-corrected chi connectivity index (χ4v) is 1.40. The topological polar surface area (TPSA) is 35.2 Å². The van der Waals surface area contributed by atoms with Crippen molar-refractivity contribution in [3.63, 3.8) is 0 Å². The molecular formula is C13H19NO. The van der Waals surface area contributed by atoms with E-state index in [0.717, 1.165) is 12.2 Å². The Balaban J connectivity index is 2.70. The van der Waals surface area contributed by atoms with E-state index in [-0.39, 0.29) is 0 Å². The van der Waals surface area contributed by atoms with Gasteiger partial charge in [0.05, 0.1) is 6.61 Å². The van der Waals surface area contributed by atoms with Gasteiger partial charge in [0.15, 0.2) is 0 Å². The fourth-order valence-electron chi connectivity index (χ4n) is 1.40. The molecule has 0 aliphatic carbocycles. The molecule has 1 aromatic rings. The summed E-state index contributed by atoms with van der Waals surface area (Å²) in [5, 5.41) is 0. The molecule has 0 atom stereocenters. The van der Waals surface area contributed by atoms with Gasteiger partial charge >= 0.3 is 0 Å². The van der Waals surface area contributed by atoms with Crippen LogP contribution in [0.25, 0.3) is 5.57 Å². The second-order valence-corrected chi connectivity index (χ2v) is 3.42. The van der Waals surface area contributed by atoms with Crippen LogP contribution in [0.1, 0.15) is 25.8 Å². The van der Waals surface area contributed by atoms with Crippen molar-refractivity contribution in [2.75, 3.05) is 13.2 Å². The van der Waals surface area contributed by atoms with Gasteiger partial charge in [-0.1, -0.05) is 18.2 Å². The Morgan fingerprint density at radius 3 is 2.53 bits per heavy atom. The quantitative estimate of drug-likeness (QED) is 0.802. The molecule has 0 unspecified atom stereocenters. The maximum absolute atomic E-state index is 5.45. The first-order chi connectivity index (χ1) is 7.27. The van der Waals surface area contributed by atoms with Gasteiger partial charge in [0.25, 0.3) is 0 Å². The lowest BCUT2D eigenvalue weighted by Crippen LogP contribution is -1.96. The Labute approximate surface area is 91.7 Å². The van der Waals surface area contributed by atoms with Crippen LogP contribution in [-0.2, 0) is 0 Å². The number of allylic oxidation sites excluding steroid dienone is 1. The van der Waals surface area contributed by atoms with Gasteiger partial charge in [-0.3, -0.25) is 0 Å². The zero-order valence-corrected chi connectivity index (χ0v) is 9.49. The molecule has 0 fully saturated rings. The lowest BCUT2D eigenvalue weighted by atomic mass is 10.1. The van der Waals surface area contributed by atoms with E-state index in [4.69, 9.17) is 10.5 Å². The number of hydrogen-bond donors (Lipinski definition) is 1. The van der Waals surface area contributed by atoms with Crippen LogP contribution in [-0.4, -0.2) is 13.2 Å². The SMILES string of the molecule is CCOc1ccc(C(C)=CCCN)cc1. The van der Waals surface area contributed by atoms with Crippen LogP contribution in [0.2, 0.25) is 0 Å². The Kier molecular flexibility index (Phi) is 4.91. The van der Waals surface area contributed by atoms with Gasteiger partial charge in [-0.15, -0.1) is 0 Å². The van der Waals surface area contributed by atoms with Crippen molar-refractivity contribution in [3.05, 3.63) is 35.9 Å². The maximum Gasteiger partial charge on any atom is 0.119 e. The number of rotatable bonds is 5. The van der Waals surface area contributed by atoms with E-state index < -0.39 is 0 Å². The molecular weight excluding hydrogens is 186 g/mol.